The van der Waals surface area contributed by atoms with Crippen LogP contribution in [0.2, 0.25) is 0 Å². The number of halogens is 2. The fourth-order valence-corrected chi connectivity index (χ4v) is 3.72. The minimum Gasteiger partial charge on any atom is -0.457 e. The molecule has 0 spiro atoms. The fourth-order valence-electron chi connectivity index (χ4n) is 3.72. The number of ether oxygens (including phenoxy) is 1. The lowest BCUT2D eigenvalue weighted by Gasteiger charge is -2.28. The molecule has 33 heavy (non-hydrogen) atoms. The van der Waals surface area contributed by atoms with Gasteiger partial charge in [-0.05, 0) is 41.5 Å². The van der Waals surface area contributed by atoms with Crippen molar-refractivity contribution in [2.45, 2.75) is 13.2 Å². The highest BCUT2D eigenvalue weighted by atomic mass is 19.2. The zero-order valence-corrected chi connectivity index (χ0v) is 17.9. The standard InChI is InChI=1S/C23H20F2N4O4/c1-27-12-16(22(31)33-13-14-5-7-26-8-6-14)10-17-20(27)28(2)23(32)29(21(17)30)11-15-3-4-18(24)19(25)9-15/h3-10H,11-13H2,1-2H3. The van der Waals surface area contributed by atoms with Crippen molar-refractivity contribution in [3.05, 3.63) is 97.5 Å². The summed E-state index contributed by atoms with van der Waals surface area (Å²) in [4.78, 5) is 44.2. The summed E-state index contributed by atoms with van der Waals surface area (Å²) < 4.78 is 34.4. The van der Waals surface area contributed by atoms with Crippen molar-refractivity contribution in [1.82, 2.24) is 14.1 Å². The van der Waals surface area contributed by atoms with Crippen molar-refractivity contribution < 1.29 is 18.3 Å². The molecule has 0 radical (unpaired) electrons. The number of fused-ring (bicyclic) bond motifs is 1. The van der Waals surface area contributed by atoms with Gasteiger partial charge in [0.05, 0.1) is 24.2 Å². The van der Waals surface area contributed by atoms with Gasteiger partial charge in [-0.3, -0.25) is 18.9 Å². The second-order valence-electron chi connectivity index (χ2n) is 7.68. The van der Waals surface area contributed by atoms with Crippen molar-refractivity contribution in [2.75, 3.05) is 18.5 Å². The van der Waals surface area contributed by atoms with E-state index in [1.807, 2.05) is 0 Å². The van der Waals surface area contributed by atoms with Crippen LogP contribution in [0.25, 0.3) is 6.08 Å². The molecule has 3 aromatic rings. The highest BCUT2D eigenvalue weighted by Gasteiger charge is 2.27. The van der Waals surface area contributed by atoms with Gasteiger partial charge in [0.1, 0.15) is 12.4 Å². The molecule has 2 aromatic heterocycles. The van der Waals surface area contributed by atoms with Crippen LogP contribution >= 0.6 is 0 Å². The first kappa shape index (κ1) is 22.1. The van der Waals surface area contributed by atoms with Gasteiger partial charge in [0.25, 0.3) is 5.56 Å². The predicted molar refractivity (Wildman–Crippen MR) is 117 cm³/mol. The zero-order chi connectivity index (χ0) is 23.7. The Kier molecular flexibility index (Phi) is 5.91. The van der Waals surface area contributed by atoms with Crippen LogP contribution in [0.4, 0.5) is 14.6 Å². The van der Waals surface area contributed by atoms with Crippen LogP contribution in [-0.2, 0) is 29.7 Å². The molecule has 1 aliphatic rings. The highest BCUT2D eigenvalue weighted by molar-refractivity contribution is 5.97. The van der Waals surface area contributed by atoms with E-state index >= 15 is 0 Å². The van der Waals surface area contributed by atoms with Crippen molar-refractivity contribution in [3.8, 4) is 0 Å². The Labute approximate surface area is 187 Å². The largest absolute Gasteiger partial charge is 0.457 e. The summed E-state index contributed by atoms with van der Waals surface area (Å²) in [5, 5.41) is 0. The maximum Gasteiger partial charge on any atom is 0.336 e. The van der Waals surface area contributed by atoms with Crippen LogP contribution in [-0.4, -0.2) is 33.7 Å². The highest BCUT2D eigenvalue weighted by Crippen LogP contribution is 2.24. The number of pyridine rings is 1. The Morgan fingerprint density at radius 2 is 1.79 bits per heavy atom. The summed E-state index contributed by atoms with van der Waals surface area (Å²) in [6.07, 6.45) is 4.58. The molecule has 0 N–H and O–H groups in total. The number of carbonyl (C=O) groups excluding carboxylic acids is 1. The molecule has 0 atom stereocenters. The number of nitrogens with zero attached hydrogens (tertiary/aromatic N) is 4. The maximum atomic E-state index is 13.6. The summed E-state index contributed by atoms with van der Waals surface area (Å²) in [5.74, 6) is -2.35. The lowest BCUT2D eigenvalue weighted by Crippen LogP contribution is -2.45. The molecule has 1 aromatic carbocycles. The van der Waals surface area contributed by atoms with E-state index in [-0.39, 0.29) is 36.4 Å². The quantitative estimate of drug-likeness (QED) is 0.547. The van der Waals surface area contributed by atoms with Gasteiger partial charge in [-0.15, -0.1) is 0 Å². The monoisotopic (exact) mass is 454 g/mol. The Hall–Kier alpha value is -4.08. The smallest absolute Gasteiger partial charge is 0.336 e. The minimum absolute atomic E-state index is 0.0445. The molecule has 8 nitrogen and oxygen atoms in total. The van der Waals surface area contributed by atoms with Crippen LogP contribution in [0.1, 0.15) is 16.7 Å². The summed E-state index contributed by atoms with van der Waals surface area (Å²) >= 11 is 0. The lowest BCUT2D eigenvalue weighted by molar-refractivity contribution is -0.140. The average Bonchev–Trinajstić information content (AvgIpc) is 2.81. The first-order valence-electron chi connectivity index (χ1n) is 10.0. The third-order valence-electron chi connectivity index (χ3n) is 5.35. The van der Waals surface area contributed by atoms with Gasteiger partial charge >= 0.3 is 11.7 Å². The summed E-state index contributed by atoms with van der Waals surface area (Å²) in [5.41, 5.74) is 0.118. The van der Waals surface area contributed by atoms with Gasteiger partial charge < -0.3 is 9.64 Å². The normalized spacial score (nSPS) is 12.8. The van der Waals surface area contributed by atoms with Gasteiger partial charge in [0.2, 0.25) is 0 Å². The SMILES string of the molecule is CN1CC(C(=O)OCc2ccncc2)=Cc2c1n(C)c(=O)n(Cc1ccc(F)c(F)c1)c2=O. The molecule has 0 aliphatic carbocycles. The molecule has 0 saturated heterocycles. The molecule has 170 valence electrons. The second-order valence-corrected chi connectivity index (χ2v) is 7.68. The fraction of sp³-hybridized carbons (Fsp3) is 0.217. The number of hydrogen-bond donors (Lipinski definition) is 0. The summed E-state index contributed by atoms with van der Waals surface area (Å²) in [6.45, 7) is -0.0691. The van der Waals surface area contributed by atoms with E-state index in [2.05, 4.69) is 4.98 Å². The van der Waals surface area contributed by atoms with Gasteiger partial charge in [-0.2, -0.15) is 0 Å². The van der Waals surface area contributed by atoms with Crippen molar-refractivity contribution in [2.24, 2.45) is 7.05 Å². The third kappa shape index (κ3) is 4.32. The van der Waals surface area contributed by atoms with Gasteiger partial charge in [0, 0.05) is 26.5 Å². The first-order chi connectivity index (χ1) is 15.8. The number of benzene rings is 1. The van der Waals surface area contributed by atoms with E-state index in [0.717, 1.165) is 22.3 Å². The summed E-state index contributed by atoms with van der Waals surface area (Å²) in [7, 11) is 3.15. The lowest BCUT2D eigenvalue weighted by atomic mass is 10.1. The van der Waals surface area contributed by atoms with Crippen molar-refractivity contribution in [1.29, 1.82) is 0 Å². The maximum absolute atomic E-state index is 13.6. The van der Waals surface area contributed by atoms with Gasteiger partial charge in [-0.25, -0.2) is 18.4 Å². The number of esters is 1. The van der Waals surface area contributed by atoms with E-state index in [1.165, 1.54) is 23.8 Å². The molecule has 0 fully saturated rings. The topological polar surface area (TPSA) is 86.4 Å². The first-order valence-corrected chi connectivity index (χ1v) is 10.0. The van der Waals surface area contributed by atoms with E-state index in [1.54, 1.807) is 36.5 Å². The van der Waals surface area contributed by atoms with Crippen LogP contribution in [0, 0.1) is 11.6 Å². The molecule has 4 rings (SSSR count). The number of likely N-dealkylation sites (N-methyl/N-ethyl adjacent to an activating group) is 1. The molecule has 1 aliphatic heterocycles. The predicted octanol–water partition coefficient (Wildman–Crippen LogP) is 1.85. The molecule has 0 unspecified atom stereocenters. The molecule has 3 heterocycles. The molecule has 0 bridgehead atoms. The van der Waals surface area contributed by atoms with Crippen molar-refractivity contribution in [3.63, 3.8) is 0 Å². The molecular weight excluding hydrogens is 434 g/mol. The Bertz CT molecular complexity index is 1380. The zero-order valence-electron chi connectivity index (χ0n) is 17.9. The molecular formula is C23H20F2N4O4. The van der Waals surface area contributed by atoms with E-state index < -0.39 is 28.9 Å². The van der Waals surface area contributed by atoms with Crippen molar-refractivity contribution >= 4 is 17.9 Å². The second kappa shape index (κ2) is 8.81. The molecule has 0 saturated carbocycles. The van der Waals surface area contributed by atoms with Gasteiger partial charge in [-0.1, -0.05) is 6.07 Å². The number of hydrogen-bond acceptors (Lipinski definition) is 6. The number of anilines is 1. The third-order valence-corrected chi connectivity index (χ3v) is 5.35. The van der Waals surface area contributed by atoms with Crippen LogP contribution in [0.15, 0.2) is 57.9 Å². The number of carbonyl (C=O) groups is 1. The van der Waals surface area contributed by atoms with Crippen LogP contribution in [0.3, 0.4) is 0 Å². The van der Waals surface area contributed by atoms with Crippen LogP contribution in [0.5, 0.6) is 0 Å². The van der Waals surface area contributed by atoms with Crippen LogP contribution < -0.4 is 16.1 Å². The Morgan fingerprint density at radius 1 is 1.06 bits per heavy atom. The Morgan fingerprint density at radius 3 is 2.48 bits per heavy atom. The average molecular weight is 454 g/mol. The summed E-state index contributed by atoms with van der Waals surface area (Å²) in [6, 6.07) is 6.61. The van der Waals surface area contributed by atoms with E-state index in [4.69, 9.17) is 4.74 Å². The Balaban J connectivity index is 1.69. The molecule has 10 heteroatoms. The molecule has 0 amide bonds. The minimum atomic E-state index is -1.07. The van der Waals surface area contributed by atoms with Gasteiger partial charge in [0.15, 0.2) is 11.6 Å². The van der Waals surface area contributed by atoms with E-state index in [9.17, 15) is 23.2 Å². The number of aromatic nitrogens is 3. The number of rotatable bonds is 5. The van der Waals surface area contributed by atoms with E-state index in [0.29, 0.717) is 5.82 Å².